The van der Waals surface area contributed by atoms with E-state index in [-0.39, 0.29) is 5.91 Å². The van der Waals surface area contributed by atoms with Gasteiger partial charge in [0.25, 0.3) is 5.91 Å². The molecule has 2 aromatic rings. The third kappa shape index (κ3) is 5.30. The first-order valence-electron chi connectivity index (χ1n) is 7.42. The first-order valence-corrected chi connectivity index (χ1v) is 7.42. The molecule has 0 aliphatic heterocycles. The standard InChI is InChI=1S/C18H22N2O2/c1-18(2,22)9-6-14-4-3-5-16(12-14)17(21)20-13-15-7-10-19-11-8-15/h3-5,7-8,10-12,22H,6,9,13H2,1-2H3,(H,20,21). The molecule has 0 saturated carbocycles. The maximum Gasteiger partial charge on any atom is 0.251 e. The number of amides is 1. The number of carbonyl (C=O) groups is 1. The summed E-state index contributed by atoms with van der Waals surface area (Å²) < 4.78 is 0. The fourth-order valence-electron chi connectivity index (χ4n) is 2.10. The van der Waals surface area contributed by atoms with Crippen molar-refractivity contribution in [3.63, 3.8) is 0 Å². The summed E-state index contributed by atoms with van der Waals surface area (Å²) in [4.78, 5) is 16.1. The molecule has 1 heterocycles. The Labute approximate surface area is 131 Å². The van der Waals surface area contributed by atoms with Crippen molar-refractivity contribution in [2.24, 2.45) is 0 Å². The smallest absolute Gasteiger partial charge is 0.251 e. The van der Waals surface area contributed by atoms with E-state index in [1.165, 1.54) is 0 Å². The Morgan fingerprint density at radius 1 is 1.18 bits per heavy atom. The average molecular weight is 298 g/mol. The van der Waals surface area contributed by atoms with Crippen molar-refractivity contribution in [3.05, 3.63) is 65.5 Å². The summed E-state index contributed by atoms with van der Waals surface area (Å²) >= 11 is 0. The minimum atomic E-state index is -0.695. The number of nitrogens with one attached hydrogen (secondary N) is 1. The quantitative estimate of drug-likeness (QED) is 0.862. The van der Waals surface area contributed by atoms with E-state index in [4.69, 9.17) is 0 Å². The van der Waals surface area contributed by atoms with Gasteiger partial charge in [-0.15, -0.1) is 0 Å². The lowest BCUT2D eigenvalue weighted by atomic mass is 9.98. The minimum Gasteiger partial charge on any atom is -0.390 e. The zero-order valence-electron chi connectivity index (χ0n) is 13.0. The maximum atomic E-state index is 12.2. The van der Waals surface area contributed by atoms with Crippen LogP contribution in [0.2, 0.25) is 0 Å². The fraction of sp³-hybridized carbons (Fsp3) is 0.333. The van der Waals surface area contributed by atoms with Crippen LogP contribution in [0.5, 0.6) is 0 Å². The Balaban J connectivity index is 1.95. The van der Waals surface area contributed by atoms with Gasteiger partial charge < -0.3 is 10.4 Å². The summed E-state index contributed by atoms with van der Waals surface area (Å²) in [7, 11) is 0. The van der Waals surface area contributed by atoms with Crippen molar-refractivity contribution in [2.45, 2.75) is 38.8 Å². The lowest BCUT2D eigenvalue weighted by molar-refractivity contribution is 0.0714. The molecule has 0 aliphatic carbocycles. The Kier molecular flexibility index (Phi) is 5.28. The predicted octanol–water partition coefficient (Wildman–Crippen LogP) is 2.72. The van der Waals surface area contributed by atoms with Gasteiger partial charge in [0, 0.05) is 24.5 Å². The molecular formula is C18H22N2O2. The SMILES string of the molecule is CC(C)(O)CCc1cccc(C(=O)NCc2ccncc2)c1. The number of hydrogen-bond acceptors (Lipinski definition) is 3. The third-order valence-electron chi connectivity index (χ3n) is 3.42. The summed E-state index contributed by atoms with van der Waals surface area (Å²) in [5.74, 6) is -0.0954. The van der Waals surface area contributed by atoms with Crippen LogP contribution in [0, 0.1) is 0 Å². The topological polar surface area (TPSA) is 62.2 Å². The largest absolute Gasteiger partial charge is 0.390 e. The number of rotatable bonds is 6. The highest BCUT2D eigenvalue weighted by Gasteiger charge is 2.13. The third-order valence-corrected chi connectivity index (χ3v) is 3.42. The number of aromatic nitrogens is 1. The highest BCUT2D eigenvalue weighted by Crippen LogP contribution is 2.14. The van der Waals surface area contributed by atoms with Crippen LogP contribution < -0.4 is 5.32 Å². The minimum absolute atomic E-state index is 0.0954. The monoisotopic (exact) mass is 298 g/mol. The van der Waals surface area contributed by atoms with E-state index in [0.717, 1.165) is 17.5 Å². The number of pyridine rings is 1. The van der Waals surface area contributed by atoms with E-state index >= 15 is 0 Å². The zero-order valence-corrected chi connectivity index (χ0v) is 13.0. The van der Waals surface area contributed by atoms with Crippen molar-refractivity contribution in [2.75, 3.05) is 0 Å². The Morgan fingerprint density at radius 3 is 2.59 bits per heavy atom. The summed E-state index contributed by atoms with van der Waals surface area (Å²) in [6, 6.07) is 11.3. The number of nitrogens with zero attached hydrogens (tertiary/aromatic N) is 1. The zero-order chi connectivity index (χ0) is 16.0. The molecule has 22 heavy (non-hydrogen) atoms. The summed E-state index contributed by atoms with van der Waals surface area (Å²) in [6.07, 6.45) is 4.82. The molecule has 0 radical (unpaired) electrons. The van der Waals surface area contributed by atoms with E-state index in [9.17, 15) is 9.90 Å². The fourth-order valence-corrected chi connectivity index (χ4v) is 2.10. The van der Waals surface area contributed by atoms with Crippen LogP contribution in [0.25, 0.3) is 0 Å². The lowest BCUT2D eigenvalue weighted by Crippen LogP contribution is -2.23. The molecule has 0 bridgehead atoms. The normalized spacial score (nSPS) is 11.2. The van der Waals surface area contributed by atoms with Gasteiger partial charge in [0.2, 0.25) is 0 Å². The van der Waals surface area contributed by atoms with Crippen molar-refractivity contribution in [1.82, 2.24) is 10.3 Å². The van der Waals surface area contributed by atoms with E-state index in [1.54, 1.807) is 32.3 Å². The molecule has 2 rings (SSSR count). The van der Waals surface area contributed by atoms with Gasteiger partial charge >= 0.3 is 0 Å². The molecule has 0 atom stereocenters. The predicted molar refractivity (Wildman–Crippen MR) is 86.5 cm³/mol. The Hall–Kier alpha value is -2.20. The van der Waals surface area contributed by atoms with Crippen molar-refractivity contribution in [3.8, 4) is 0 Å². The van der Waals surface area contributed by atoms with Crippen molar-refractivity contribution < 1.29 is 9.90 Å². The molecule has 0 unspecified atom stereocenters. The van der Waals surface area contributed by atoms with E-state index in [2.05, 4.69) is 10.3 Å². The first-order chi connectivity index (χ1) is 10.4. The van der Waals surface area contributed by atoms with Crippen molar-refractivity contribution in [1.29, 1.82) is 0 Å². The van der Waals surface area contributed by atoms with Gasteiger partial charge in [-0.05, 0) is 62.1 Å². The Bertz CT molecular complexity index is 618. The van der Waals surface area contributed by atoms with Crippen LogP contribution >= 0.6 is 0 Å². The molecule has 4 heteroatoms. The number of carbonyl (C=O) groups excluding carboxylic acids is 1. The van der Waals surface area contributed by atoms with Gasteiger partial charge in [0.05, 0.1) is 5.60 Å². The van der Waals surface area contributed by atoms with Gasteiger partial charge in [-0.2, -0.15) is 0 Å². The van der Waals surface area contributed by atoms with Crippen LogP contribution in [0.4, 0.5) is 0 Å². The molecular weight excluding hydrogens is 276 g/mol. The average Bonchev–Trinajstić information content (AvgIpc) is 2.51. The lowest BCUT2D eigenvalue weighted by Gasteiger charge is -2.16. The molecule has 116 valence electrons. The van der Waals surface area contributed by atoms with Gasteiger partial charge in [-0.1, -0.05) is 12.1 Å². The molecule has 0 spiro atoms. The number of aryl methyl sites for hydroxylation is 1. The molecule has 1 aromatic heterocycles. The van der Waals surface area contributed by atoms with Crippen LogP contribution in [0.15, 0.2) is 48.8 Å². The van der Waals surface area contributed by atoms with E-state index in [1.807, 2.05) is 30.3 Å². The maximum absolute atomic E-state index is 12.2. The van der Waals surface area contributed by atoms with Gasteiger partial charge in [-0.25, -0.2) is 0 Å². The van der Waals surface area contributed by atoms with Gasteiger partial charge in [-0.3, -0.25) is 9.78 Å². The van der Waals surface area contributed by atoms with Crippen LogP contribution in [0.3, 0.4) is 0 Å². The highest BCUT2D eigenvalue weighted by atomic mass is 16.3. The molecule has 0 saturated heterocycles. The van der Waals surface area contributed by atoms with Gasteiger partial charge in [0.1, 0.15) is 0 Å². The highest BCUT2D eigenvalue weighted by molar-refractivity contribution is 5.94. The summed E-state index contributed by atoms with van der Waals surface area (Å²) in [6.45, 7) is 4.06. The van der Waals surface area contributed by atoms with Gasteiger partial charge in [0.15, 0.2) is 0 Å². The molecule has 4 nitrogen and oxygen atoms in total. The number of hydrogen-bond donors (Lipinski definition) is 2. The second-order valence-corrected chi connectivity index (χ2v) is 6.05. The van der Waals surface area contributed by atoms with E-state index < -0.39 is 5.60 Å². The molecule has 1 aromatic carbocycles. The second-order valence-electron chi connectivity index (χ2n) is 6.05. The molecule has 0 fully saturated rings. The number of aliphatic hydroxyl groups is 1. The molecule has 0 aliphatic rings. The first kappa shape index (κ1) is 16.2. The molecule has 1 amide bonds. The summed E-state index contributed by atoms with van der Waals surface area (Å²) in [5, 5.41) is 12.7. The van der Waals surface area contributed by atoms with Crippen molar-refractivity contribution >= 4 is 5.91 Å². The van der Waals surface area contributed by atoms with Crippen LogP contribution in [-0.4, -0.2) is 21.6 Å². The van der Waals surface area contributed by atoms with E-state index in [0.29, 0.717) is 18.5 Å². The number of benzene rings is 1. The van der Waals surface area contributed by atoms with Crippen LogP contribution in [-0.2, 0) is 13.0 Å². The summed E-state index contributed by atoms with van der Waals surface area (Å²) in [5.41, 5.74) is 2.02. The van der Waals surface area contributed by atoms with Crippen LogP contribution in [0.1, 0.15) is 41.8 Å². The molecule has 2 N–H and O–H groups in total. The second kappa shape index (κ2) is 7.18. The Morgan fingerprint density at radius 2 is 1.91 bits per heavy atom.